The highest BCUT2D eigenvalue weighted by Gasteiger charge is 2.56. The lowest BCUT2D eigenvalue weighted by Crippen LogP contribution is -2.68. The second-order valence-corrected chi connectivity index (χ2v) is 17.2. The Balaban J connectivity index is 1.20. The lowest BCUT2D eigenvalue weighted by molar-refractivity contribution is -0.390. The molecule has 6 aliphatic rings. The summed E-state index contributed by atoms with van der Waals surface area (Å²) in [5, 5.41) is 200. The van der Waals surface area contributed by atoms with Crippen molar-refractivity contribution in [3.8, 4) is 0 Å². The van der Waals surface area contributed by atoms with Crippen molar-refractivity contribution in [2.24, 2.45) is 0 Å². The molecule has 6 aliphatic heterocycles. The normalized spacial score (nSPS) is 53.4. The molecule has 6 rings (SSSR count). The molecule has 0 amide bonds. The van der Waals surface area contributed by atoms with Crippen LogP contribution in [0, 0.1) is 0 Å². The molecule has 0 saturated carbocycles. The highest BCUT2D eigenvalue weighted by molar-refractivity contribution is 4.99. The van der Waals surface area contributed by atoms with Crippen molar-refractivity contribution < 1.29 is 149 Å². The van der Waals surface area contributed by atoms with Crippen molar-refractivity contribution in [1.82, 2.24) is 0 Å². The number of aliphatic hydroxyl groups excluding tert-OH is 19. The van der Waals surface area contributed by atoms with Crippen molar-refractivity contribution >= 4 is 0 Å². The standard InChI is InChI=1S/C37H64O30/c1-8-15(42)30(20(47)13(59-8)6-57-33-25(52)22(49)16(43)9(2-38)60-33)65-36-28(55)31(19(46)12(5-41)63-36)67-37-29(56)32(66-35-27(54)24(51)18(45)11(4-40)62-35)21(48)14(64-37)7-58-34-26(53)23(50)17(44)10(3-39)61-34/h8-56H,2-7H2,1H3/t8?,9?,10?,11?,12?,13?,14?,15?,16?,17?,18?,19?,20?,21-,22?,23?,24?,25?,26?,27?,28?,29?,30?,31?,32?,33?,34?,35?,36?,37?/m0/s1. The van der Waals surface area contributed by atoms with Gasteiger partial charge in [0.05, 0.1) is 45.7 Å². The number of rotatable bonds is 16. The van der Waals surface area contributed by atoms with Gasteiger partial charge >= 0.3 is 0 Å². The summed E-state index contributed by atoms with van der Waals surface area (Å²) in [5.41, 5.74) is 0. The largest absolute Gasteiger partial charge is 0.394 e. The third-order valence-corrected chi connectivity index (χ3v) is 12.7. The number of hydrogen-bond acceptors (Lipinski definition) is 30. The molecule has 67 heavy (non-hydrogen) atoms. The third-order valence-electron chi connectivity index (χ3n) is 12.7. The Bertz CT molecular complexity index is 1500. The van der Waals surface area contributed by atoms with Gasteiger partial charge in [-0.3, -0.25) is 0 Å². The molecule has 0 bridgehead atoms. The van der Waals surface area contributed by atoms with Gasteiger partial charge in [-0.2, -0.15) is 0 Å². The average Bonchev–Trinajstić information content (AvgIpc) is 3.31. The van der Waals surface area contributed by atoms with Gasteiger partial charge in [0.25, 0.3) is 0 Å². The van der Waals surface area contributed by atoms with Crippen LogP contribution >= 0.6 is 0 Å². The molecule has 0 aromatic heterocycles. The monoisotopic (exact) mass is 988 g/mol. The van der Waals surface area contributed by atoms with E-state index in [0.717, 1.165) is 0 Å². The molecule has 6 heterocycles. The van der Waals surface area contributed by atoms with Crippen LogP contribution < -0.4 is 0 Å². The fraction of sp³-hybridized carbons (Fsp3) is 1.00. The van der Waals surface area contributed by atoms with Crippen LogP contribution in [0.4, 0.5) is 0 Å². The van der Waals surface area contributed by atoms with Crippen molar-refractivity contribution in [2.75, 3.05) is 39.6 Å². The zero-order valence-electron chi connectivity index (χ0n) is 35.6. The Hall–Kier alpha value is -1.20. The zero-order valence-corrected chi connectivity index (χ0v) is 35.6. The van der Waals surface area contributed by atoms with Crippen molar-refractivity contribution in [3.05, 3.63) is 0 Å². The molecule has 0 aliphatic carbocycles. The molecule has 0 spiro atoms. The lowest BCUT2D eigenvalue weighted by Gasteiger charge is -2.49. The third kappa shape index (κ3) is 11.5. The van der Waals surface area contributed by atoms with Crippen LogP contribution in [0.2, 0.25) is 0 Å². The number of hydrogen-bond donors (Lipinski definition) is 19. The average molecular weight is 989 g/mol. The molecular weight excluding hydrogens is 924 g/mol. The second-order valence-electron chi connectivity index (χ2n) is 17.2. The first-order valence-electron chi connectivity index (χ1n) is 21.5. The van der Waals surface area contributed by atoms with E-state index in [4.69, 9.17) is 52.1 Å². The minimum atomic E-state index is -2.23. The summed E-state index contributed by atoms with van der Waals surface area (Å²) in [7, 11) is 0. The summed E-state index contributed by atoms with van der Waals surface area (Å²) in [6, 6.07) is 0. The van der Waals surface area contributed by atoms with Crippen molar-refractivity contribution in [3.63, 3.8) is 0 Å². The van der Waals surface area contributed by atoms with Crippen molar-refractivity contribution in [1.29, 1.82) is 0 Å². The van der Waals surface area contributed by atoms with Gasteiger partial charge in [-0.25, -0.2) is 0 Å². The maximum atomic E-state index is 11.6. The molecular formula is C37H64O30. The Labute approximate surface area is 379 Å². The van der Waals surface area contributed by atoms with E-state index in [1.807, 2.05) is 0 Å². The van der Waals surface area contributed by atoms with Crippen LogP contribution in [-0.2, 0) is 52.1 Å². The van der Waals surface area contributed by atoms with E-state index < -0.39 is 224 Å². The van der Waals surface area contributed by atoms with Crippen LogP contribution in [-0.4, -0.2) is 321 Å². The molecule has 19 N–H and O–H groups in total. The molecule has 0 radical (unpaired) electrons. The van der Waals surface area contributed by atoms with E-state index in [2.05, 4.69) is 0 Å². The van der Waals surface area contributed by atoms with E-state index in [9.17, 15) is 97.0 Å². The van der Waals surface area contributed by atoms with Gasteiger partial charge in [-0.05, 0) is 6.92 Å². The summed E-state index contributed by atoms with van der Waals surface area (Å²) in [6.07, 6.45) is -54.7. The summed E-state index contributed by atoms with van der Waals surface area (Å²) < 4.78 is 61.5. The first-order valence-corrected chi connectivity index (χ1v) is 21.5. The summed E-state index contributed by atoms with van der Waals surface area (Å²) in [5.74, 6) is 0. The van der Waals surface area contributed by atoms with Gasteiger partial charge in [-0.15, -0.1) is 0 Å². The van der Waals surface area contributed by atoms with E-state index in [1.54, 1.807) is 0 Å². The predicted octanol–water partition coefficient (Wildman–Crippen LogP) is -13.0. The van der Waals surface area contributed by atoms with Crippen LogP contribution in [0.15, 0.2) is 0 Å². The van der Waals surface area contributed by atoms with E-state index in [1.165, 1.54) is 6.92 Å². The molecule has 0 aromatic carbocycles. The first-order chi connectivity index (χ1) is 31.7. The Morgan fingerprint density at radius 2 is 0.552 bits per heavy atom. The van der Waals surface area contributed by atoms with Gasteiger partial charge in [0.1, 0.15) is 146 Å². The SMILES string of the molecule is CC1OC(COC2OC(CO)C(O)C(O)C2O)C(O)C(OC2OC(CO)C(O)C(OC3OC(COC4OC(CO)C(O)C(O)C4O)[C@H](O)C(OC4OC(CO)C(O)C(O)C4O)C3O)C2O)C1O. The second kappa shape index (κ2) is 23.6. The molecule has 6 saturated heterocycles. The van der Waals surface area contributed by atoms with Gasteiger partial charge in [0.15, 0.2) is 31.5 Å². The topological polar surface area (TPSA) is 486 Å². The van der Waals surface area contributed by atoms with Crippen LogP contribution in [0.25, 0.3) is 0 Å². The fourth-order valence-electron chi connectivity index (χ4n) is 8.49. The fourth-order valence-corrected chi connectivity index (χ4v) is 8.49. The number of ether oxygens (including phenoxy) is 11. The van der Waals surface area contributed by atoms with E-state index in [-0.39, 0.29) is 0 Å². The molecule has 0 aromatic rings. The molecule has 29 unspecified atom stereocenters. The predicted molar refractivity (Wildman–Crippen MR) is 203 cm³/mol. The lowest BCUT2D eigenvalue weighted by atomic mass is 9.94. The smallest absolute Gasteiger partial charge is 0.187 e. The van der Waals surface area contributed by atoms with Gasteiger partial charge in [-0.1, -0.05) is 0 Å². The molecule has 392 valence electrons. The molecule has 30 atom stereocenters. The minimum absolute atomic E-state index is 0.630. The van der Waals surface area contributed by atoms with E-state index >= 15 is 0 Å². The highest BCUT2D eigenvalue weighted by Crippen LogP contribution is 2.36. The van der Waals surface area contributed by atoms with Crippen LogP contribution in [0.1, 0.15) is 6.92 Å². The Kier molecular flexibility index (Phi) is 19.4. The number of aliphatic hydroxyl groups is 19. The molecule has 6 fully saturated rings. The van der Waals surface area contributed by atoms with Crippen LogP contribution in [0.5, 0.6) is 0 Å². The van der Waals surface area contributed by atoms with Gasteiger partial charge in [0, 0.05) is 0 Å². The zero-order chi connectivity index (χ0) is 49.3. The quantitative estimate of drug-likeness (QED) is 0.0683. The minimum Gasteiger partial charge on any atom is -0.394 e. The van der Waals surface area contributed by atoms with Crippen LogP contribution in [0.3, 0.4) is 0 Å². The molecule has 30 heteroatoms. The first kappa shape index (κ1) is 55.1. The van der Waals surface area contributed by atoms with E-state index in [0.29, 0.717) is 0 Å². The maximum Gasteiger partial charge on any atom is 0.187 e. The Morgan fingerprint density at radius 1 is 0.284 bits per heavy atom. The maximum absolute atomic E-state index is 11.6. The Morgan fingerprint density at radius 3 is 0.925 bits per heavy atom. The summed E-state index contributed by atoms with van der Waals surface area (Å²) >= 11 is 0. The molecule has 30 nitrogen and oxygen atoms in total. The highest BCUT2D eigenvalue weighted by atomic mass is 16.8. The summed E-state index contributed by atoms with van der Waals surface area (Å²) in [6.45, 7) is -3.65. The van der Waals surface area contributed by atoms with Crippen molar-refractivity contribution in [2.45, 2.75) is 191 Å². The summed E-state index contributed by atoms with van der Waals surface area (Å²) in [4.78, 5) is 0. The van der Waals surface area contributed by atoms with Gasteiger partial charge < -0.3 is 149 Å². The van der Waals surface area contributed by atoms with Gasteiger partial charge in [0.2, 0.25) is 0 Å².